The van der Waals surface area contributed by atoms with Crippen LogP contribution in [-0.4, -0.2) is 21.6 Å². The molecule has 4 nitrogen and oxygen atoms in total. The molecule has 0 bridgehead atoms. The zero-order valence-corrected chi connectivity index (χ0v) is 6.91. The van der Waals surface area contributed by atoms with E-state index in [9.17, 15) is 0 Å². The highest BCUT2D eigenvalue weighted by Crippen LogP contribution is 2.06. The average molecular weight is 165 g/mol. The molecule has 0 fully saturated rings. The maximum atomic E-state index is 8.95. The van der Waals surface area contributed by atoms with Gasteiger partial charge in [0.25, 0.3) is 0 Å². The molecule has 0 atom stereocenters. The second-order valence-corrected chi connectivity index (χ2v) is 2.27. The molecule has 0 aliphatic rings. The standard InChI is InChI=1S/C8H11N3O/c1-3-9-8-10-4-7(5-11-8)6(2)12/h4-5,12H,2-3H2,1H3,(H,9,10,11). The number of aromatic nitrogens is 2. The van der Waals surface area contributed by atoms with Crippen LogP contribution >= 0.6 is 0 Å². The van der Waals surface area contributed by atoms with Gasteiger partial charge in [-0.15, -0.1) is 0 Å². The molecule has 0 saturated heterocycles. The van der Waals surface area contributed by atoms with Gasteiger partial charge in [0.2, 0.25) is 5.95 Å². The zero-order chi connectivity index (χ0) is 8.97. The summed E-state index contributed by atoms with van der Waals surface area (Å²) in [5, 5.41) is 11.9. The topological polar surface area (TPSA) is 58.0 Å². The summed E-state index contributed by atoms with van der Waals surface area (Å²) in [7, 11) is 0. The van der Waals surface area contributed by atoms with Crippen molar-refractivity contribution < 1.29 is 5.11 Å². The number of nitrogens with zero attached hydrogens (tertiary/aromatic N) is 2. The molecule has 1 aromatic rings. The summed E-state index contributed by atoms with van der Waals surface area (Å²) < 4.78 is 0. The first-order chi connectivity index (χ1) is 5.74. The van der Waals surface area contributed by atoms with Gasteiger partial charge in [-0.2, -0.15) is 0 Å². The van der Waals surface area contributed by atoms with E-state index < -0.39 is 0 Å². The van der Waals surface area contributed by atoms with Crippen molar-refractivity contribution >= 4 is 11.7 Å². The number of anilines is 1. The summed E-state index contributed by atoms with van der Waals surface area (Å²) in [5.74, 6) is 0.542. The minimum Gasteiger partial charge on any atom is -0.508 e. The van der Waals surface area contributed by atoms with Crippen LogP contribution < -0.4 is 5.32 Å². The smallest absolute Gasteiger partial charge is 0.222 e. The molecule has 0 saturated carbocycles. The molecule has 2 N–H and O–H groups in total. The Morgan fingerprint density at radius 3 is 2.58 bits per heavy atom. The normalized spacial score (nSPS) is 9.42. The Hall–Kier alpha value is -1.58. The van der Waals surface area contributed by atoms with Gasteiger partial charge in [0.05, 0.1) is 5.56 Å². The van der Waals surface area contributed by atoms with Crippen LogP contribution in [0.15, 0.2) is 19.0 Å². The van der Waals surface area contributed by atoms with Crippen LogP contribution in [0, 0.1) is 0 Å². The molecule has 1 aromatic heterocycles. The van der Waals surface area contributed by atoms with E-state index >= 15 is 0 Å². The van der Waals surface area contributed by atoms with E-state index in [4.69, 9.17) is 5.11 Å². The summed E-state index contributed by atoms with van der Waals surface area (Å²) in [5.41, 5.74) is 0.539. The van der Waals surface area contributed by atoms with Gasteiger partial charge in [-0.3, -0.25) is 0 Å². The van der Waals surface area contributed by atoms with Gasteiger partial charge in [-0.1, -0.05) is 6.58 Å². The summed E-state index contributed by atoms with van der Waals surface area (Å²) >= 11 is 0. The second-order valence-electron chi connectivity index (χ2n) is 2.27. The average Bonchev–Trinajstić information content (AvgIpc) is 2.06. The first-order valence-electron chi connectivity index (χ1n) is 3.68. The van der Waals surface area contributed by atoms with Gasteiger partial charge >= 0.3 is 0 Å². The summed E-state index contributed by atoms with van der Waals surface area (Å²) in [6, 6.07) is 0. The fourth-order valence-corrected chi connectivity index (χ4v) is 0.726. The van der Waals surface area contributed by atoms with Gasteiger partial charge < -0.3 is 10.4 Å². The quantitative estimate of drug-likeness (QED) is 0.665. The van der Waals surface area contributed by atoms with Gasteiger partial charge in [0, 0.05) is 18.9 Å². The maximum absolute atomic E-state index is 8.95. The van der Waals surface area contributed by atoms with Crippen molar-refractivity contribution in [1.29, 1.82) is 0 Å². The molecule has 1 heterocycles. The molecule has 0 amide bonds. The largest absolute Gasteiger partial charge is 0.508 e. The van der Waals surface area contributed by atoms with Gasteiger partial charge in [-0.25, -0.2) is 9.97 Å². The molecule has 0 radical (unpaired) electrons. The van der Waals surface area contributed by atoms with Crippen molar-refractivity contribution in [3.05, 3.63) is 24.5 Å². The molecule has 0 aromatic carbocycles. The summed E-state index contributed by atoms with van der Waals surface area (Å²) in [6.45, 7) is 6.09. The Labute approximate surface area is 71.0 Å². The number of nitrogens with one attached hydrogen (secondary N) is 1. The van der Waals surface area contributed by atoms with E-state index in [-0.39, 0.29) is 5.76 Å². The minimum absolute atomic E-state index is 0.0157. The van der Waals surface area contributed by atoms with Crippen LogP contribution in [0.5, 0.6) is 0 Å². The lowest BCUT2D eigenvalue weighted by Gasteiger charge is -2.01. The third kappa shape index (κ3) is 1.95. The monoisotopic (exact) mass is 165 g/mol. The van der Waals surface area contributed by atoms with E-state index in [0.717, 1.165) is 6.54 Å². The molecule has 0 spiro atoms. The second kappa shape index (κ2) is 3.71. The molecule has 12 heavy (non-hydrogen) atoms. The number of aliphatic hydroxyl groups is 1. The Bertz CT molecular complexity index is 268. The Morgan fingerprint density at radius 2 is 2.17 bits per heavy atom. The summed E-state index contributed by atoms with van der Waals surface area (Å²) in [4.78, 5) is 7.89. The van der Waals surface area contributed by atoms with Crippen molar-refractivity contribution in [2.24, 2.45) is 0 Å². The van der Waals surface area contributed by atoms with E-state index in [1.165, 1.54) is 12.4 Å². The van der Waals surface area contributed by atoms with Crippen molar-refractivity contribution in [1.82, 2.24) is 9.97 Å². The van der Waals surface area contributed by atoms with Crippen molar-refractivity contribution in [2.45, 2.75) is 6.92 Å². The van der Waals surface area contributed by atoms with E-state index in [0.29, 0.717) is 11.5 Å². The first kappa shape index (κ1) is 8.52. The van der Waals surface area contributed by atoms with Crippen molar-refractivity contribution in [2.75, 3.05) is 11.9 Å². The molecule has 64 valence electrons. The number of hydrogen-bond acceptors (Lipinski definition) is 4. The third-order valence-corrected chi connectivity index (χ3v) is 1.32. The predicted molar refractivity (Wildman–Crippen MR) is 47.9 cm³/mol. The lowest BCUT2D eigenvalue weighted by Crippen LogP contribution is -2.01. The highest BCUT2D eigenvalue weighted by molar-refractivity contribution is 5.54. The highest BCUT2D eigenvalue weighted by Gasteiger charge is 1.97. The Morgan fingerprint density at radius 1 is 1.58 bits per heavy atom. The Balaban J connectivity index is 2.78. The number of hydrogen-bond donors (Lipinski definition) is 2. The highest BCUT2D eigenvalue weighted by atomic mass is 16.3. The van der Waals surface area contributed by atoms with Gasteiger partial charge in [-0.05, 0) is 6.92 Å². The Kier molecular flexibility index (Phi) is 2.63. The molecular formula is C8H11N3O. The fraction of sp³-hybridized carbons (Fsp3) is 0.250. The maximum Gasteiger partial charge on any atom is 0.222 e. The zero-order valence-electron chi connectivity index (χ0n) is 6.91. The molecule has 0 aliphatic carbocycles. The van der Waals surface area contributed by atoms with Crippen LogP contribution in [0.25, 0.3) is 5.76 Å². The molecule has 1 rings (SSSR count). The molecule has 0 aliphatic heterocycles. The first-order valence-corrected chi connectivity index (χ1v) is 3.68. The fourth-order valence-electron chi connectivity index (χ4n) is 0.726. The predicted octanol–water partition coefficient (Wildman–Crippen LogP) is 1.44. The van der Waals surface area contributed by atoms with Crippen molar-refractivity contribution in [3.8, 4) is 0 Å². The number of rotatable bonds is 3. The van der Waals surface area contributed by atoms with E-state index in [2.05, 4.69) is 21.9 Å². The van der Waals surface area contributed by atoms with Crippen LogP contribution in [0.3, 0.4) is 0 Å². The van der Waals surface area contributed by atoms with E-state index in [1.807, 2.05) is 6.92 Å². The van der Waals surface area contributed by atoms with Crippen LogP contribution in [0.4, 0.5) is 5.95 Å². The molecular weight excluding hydrogens is 154 g/mol. The summed E-state index contributed by atoms with van der Waals surface area (Å²) in [6.07, 6.45) is 3.04. The van der Waals surface area contributed by atoms with Crippen LogP contribution in [0.1, 0.15) is 12.5 Å². The lowest BCUT2D eigenvalue weighted by molar-refractivity contribution is 0.513. The van der Waals surface area contributed by atoms with Gasteiger partial charge in [0.15, 0.2) is 0 Å². The van der Waals surface area contributed by atoms with Crippen LogP contribution in [-0.2, 0) is 0 Å². The van der Waals surface area contributed by atoms with Crippen molar-refractivity contribution in [3.63, 3.8) is 0 Å². The van der Waals surface area contributed by atoms with Crippen LogP contribution in [0.2, 0.25) is 0 Å². The minimum atomic E-state index is -0.0157. The van der Waals surface area contributed by atoms with E-state index in [1.54, 1.807) is 0 Å². The number of aliphatic hydroxyl groups excluding tert-OH is 1. The lowest BCUT2D eigenvalue weighted by atomic mass is 10.3. The third-order valence-electron chi connectivity index (χ3n) is 1.32. The van der Waals surface area contributed by atoms with Gasteiger partial charge in [0.1, 0.15) is 5.76 Å². The molecule has 0 unspecified atom stereocenters. The molecule has 4 heteroatoms. The SMILES string of the molecule is C=C(O)c1cnc(NCC)nc1.